The Bertz CT molecular complexity index is 711. The molecular weight excluding hydrogens is 314 g/mol. The van der Waals surface area contributed by atoms with E-state index >= 15 is 0 Å². The van der Waals surface area contributed by atoms with Crippen LogP contribution in [0, 0.1) is 17.8 Å². The summed E-state index contributed by atoms with van der Waals surface area (Å²) in [5.74, 6) is 7.07. The van der Waals surface area contributed by atoms with Gasteiger partial charge in [-0.2, -0.15) is 0 Å². The zero-order valence-electron chi connectivity index (χ0n) is 15.3. The van der Waals surface area contributed by atoms with E-state index in [1.807, 2.05) is 13.8 Å². The van der Waals surface area contributed by atoms with Gasteiger partial charge in [-0.25, -0.2) is 0 Å². The van der Waals surface area contributed by atoms with Crippen molar-refractivity contribution < 1.29 is 9.47 Å². The van der Waals surface area contributed by atoms with Gasteiger partial charge in [0.2, 0.25) is 0 Å². The Labute approximate surface area is 150 Å². The minimum Gasteiger partial charge on any atom is -0.396 e. The number of hydrogen-bond donors (Lipinski definition) is 2. The first-order chi connectivity index (χ1) is 12.0. The van der Waals surface area contributed by atoms with E-state index in [2.05, 4.69) is 35.1 Å². The number of nitrogens with zero attached hydrogens (tertiary/aromatic N) is 1. The Kier molecular flexibility index (Phi) is 5.31. The monoisotopic (exact) mass is 341 g/mol. The minimum atomic E-state index is -0.252. The smallest absolute Gasteiger partial charge is 0.175 e. The molecule has 1 saturated carbocycles. The SMILES string of the molecule is CCc1cc(C#CC2CC2)cnc1/C(N)=C/NCC1OCC(C)(C)O1. The van der Waals surface area contributed by atoms with Crippen LogP contribution in [-0.2, 0) is 15.9 Å². The topological polar surface area (TPSA) is 69.4 Å². The predicted molar refractivity (Wildman–Crippen MR) is 98.3 cm³/mol. The van der Waals surface area contributed by atoms with Crippen molar-refractivity contribution >= 4 is 5.70 Å². The second-order valence-corrected chi connectivity index (χ2v) is 7.25. The zero-order chi connectivity index (χ0) is 17.9. The molecule has 5 nitrogen and oxygen atoms in total. The van der Waals surface area contributed by atoms with Gasteiger partial charge in [0, 0.05) is 23.9 Å². The van der Waals surface area contributed by atoms with Crippen LogP contribution < -0.4 is 11.1 Å². The number of pyridine rings is 1. The van der Waals surface area contributed by atoms with Crippen molar-refractivity contribution in [2.45, 2.75) is 51.9 Å². The molecular formula is C20H27N3O2. The van der Waals surface area contributed by atoms with Crippen molar-refractivity contribution in [3.05, 3.63) is 35.3 Å². The number of hydrogen-bond acceptors (Lipinski definition) is 5. The van der Waals surface area contributed by atoms with E-state index in [-0.39, 0.29) is 11.9 Å². The maximum atomic E-state index is 6.21. The van der Waals surface area contributed by atoms with Gasteiger partial charge in [-0.3, -0.25) is 4.98 Å². The first-order valence-corrected chi connectivity index (χ1v) is 8.96. The van der Waals surface area contributed by atoms with Crippen LogP contribution in [0.15, 0.2) is 18.5 Å². The molecule has 2 heterocycles. The first kappa shape index (κ1) is 17.8. The molecule has 2 aliphatic rings. The lowest BCUT2D eigenvalue weighted by Crippen LogP contribution is -2.28. The van der Waals surface area contributed by atoms with E-state index in [0.29, 0.717) is 24.8 Å². The fourth-order valence-electron chi connectivity index (χ4n) is 2.67. The summed E-state index contributed by atoms with van der Waals surface area (Å²) in [5, 5.41) is 3.17. The van der Waals surface area contributed by atoms with Gasteiger partial charge in [-0.05, 0) is 44.7 Å². The lowest BCUT2D eigenvalue weighted by molar-refractivity contribution is -0.0738. The maximum Gasteiger partial charge on any atom is 0.175 e. The number of nitrogens with one attached hydrogen (secondary N) is 1. The van der Waals surface area contributed by atoms with Crippen LogP contribution in [0.25, 0.3) is 5.70 Å². The number of ether oxygens (including phenoxy) is 2. The summed E-state index contributed by atoms with van der Waals surface area (Å²) in [6.07, 6.45) is 6.64. The van der Waals surface area contributed by atoms with Gasteiger partial charge in [0.25, 0.3) is 0 Å². The molecule has 1 aliphatic carbocycles. The van der Waals surface area contributed by atoms with Gasteiger partial charge in [-0.15, -0.1) is 0 Å². The average molecular weight is 341 g/mol. The molecule has 1 atom stereocenters. The Morgan fingerprint density at radius 2 is 2.28 bits per heavy atom. The summed E-state index contributed by atoms with van der Waals surface area (Å²) in [6.45, 7) is 7.28. The molecule has 25 heavy (non-hydrogen) atoms. The van der Waals surface area contributed by atoms with E-state index in [1.165, 1.54) is 12.8 Å². The van der Waals surface area contributed by atoms with E-state index in [1.54, 1.807) is 12.4 Å². The van der Waals surface area contributed by atoms with Crippen molar-refractivity contribution in [3.8, 4) is 11.8 Å². The molecule has 1 aromatic rings. The summed E-state index contributed by atoms with van der Waals surface area (Å²) in [4.78, 5) is 4.52. The Morgan fingerprint density at radius 3 is 2.92 bits per heavy atom. The van der Waals surface area contributed by atoms with Crippen LogP contribution in [0.5, 0.6) is 0 Å². The Balaban J connectivity index is 1.62. The van der Waals surface area contributed by atoms with Crippen LogP contribution in [0.3, 0.4) is 0 Å². The van der Waals surface area contributed by atoms with E-state index in [0.717, 1.165) is 23.2 Å². The molecule has 1 saturated heterocycles. The highest BCUT2D eigenvalue weighted by molar-refractivity contribution is 5.62. The van der Waals surface area contributed by atoms with Crippen LogP contribution in [0.2, 0.25) is 0 Å². The minimum absolute atomic E-state index is 0.226. The predicted octanol–water partition coefficient (Wildman–Crippen LogP) is 2.40. The Hall–Kier alpha value is -2.03. The summed E-state index contributed by atoms with van der Waals surface area (Å²) in [7, 11) is 0. The highest BCUT2D eigenvalue weighted by atomic mass is 16.7. The highest BCUT2D eigenvalue weighted by Crippen LogP contribution is 2.27. The molecule has 1 aromatic heterocycles. The summed E-state index contributed by atoms with van der Waals surface area (Å²) in [6, 6.07) is 2.09. The second-order valence-electron chi connectivity index (χ2n) is 7.25. The first-order valence-electron chi connectivity index (χ1n) is 8.96. The van der Waals surface area contributed by atoms with Crippen molar-refractivity contribution in [1.29, 1.82) is 0 Å². The molecule has 2 fully saturated rings. The van der Waals surface area contributed by atoms with Gasteiger partial charge in [0.1, 0.15) is 0 Å². The molecule has 0 bridgehead atoms. The van der Waals surface area contributed by atoms with Crippen molar-refractivity contribution in [1.82, 2.24) is 10.3 Å². The molecule has 0 spiro atoms. The lowest BCUT2D eigenvalue weighted by Gasteiger charge is -2.16. The quantitative estimate of drug-likeness (QED) is 0.805. The summed E-state index contributed by atoms with van der Waals surface area (Å²) in [5.41, 5.74) is 9.46. The third-order valence-corrected chi connectivity index (χ3v) is 4.23. The number of aromatic nitrogens is 1. The average Bonchev–Trinajstić information content (AvgIpc) is 3.35. The second kappa shape index (κ2) is 7.47. The van der Waals surface area contributed by atoms with Crippen molar-refractivity contribution in [2.75, 3.05) is 13.2 Å². The highest BCUT2D eigenvalue weighted by Gasteiger charge is 2.32. The molecule has 0 radical (unpaired) electrons. The van der Waals surface area contributed by atoms with Crippen LogP contribution in [0.1, 0.15) is 50.4 Å². The molecule has 5 heteroatoms. The third kappa shape index (κ3) is 4.97. The summed E-state index contributed by atoms with van der Waals surface area (Å²) < 4.78 is 11.3. The largest absolute Gasteiger partial charge is 0.396 e. The van der Waals surface area contributed by atoms with E-state index in [9.17, 15) is 0 Å². The van der Waals surface area contributed by atoms with Gasteiger partial charge >= 0.3 is 0 Å². The third-order valence-electron chi connectivity index (χ3n) is 4.23. The normalized spacial score (nSPS) is 22.4. The summed E-state index contributed by atoms with van der Waals surface area (Å²) >= 11 is 0. The molecule has 0 aromatic carbocycles. The molecule has 0 amide bonds. The van der Waals surface area contributed by atoms with Crippen LogP contribution in [-0.4, -0.2) is 30.0 Å². The molecule has 3 rings (SSSR count). The Morgan fingerprint density at radius 1 is 1.48 bits per heavy atom. The molecule has 1 unspecified atom stereocenters. The fraction of sp³-hybridized carbons (Fsp3) is 0.550. The van der Waals surface area contributed by atoms with Crippen molar-refractivity contribution in [3.63, 3.8) is 0 Å². The van der Waals surface area contributed by atoms with Gasteiger partial charge < -0.3 is 20.5 Å². The molecule has 3 N–H and O–H groups in total. The lowest BCUT2D eigenvalue weighted by atomic mass is 10.1. The standard InChI is InChI=1S/C20H27N3O2/c1-4-16-9-15(8-7-14-5-6-14)10-23-19(16)17(21)11-22-12-18-24-13-20(2,3)25-18/h9-11,14,18,22H,4-6,12-13,21H2,1-3H3/b17-11-. The van der Waals surface area contributed by atoms with Crippen LogP contribution in [0.4, 0.5) is 0 Å². The van der Waals surface area contributed by atoms with E-state index in [4.69, 9.17) is 15.2 Å². The molecule has 1 aliphatic heterocycles. The van der Waals surface area contributed by atoms with Gasteiger partial charge in [-0.1, -0.05) is 18.8 Å². The number of aryl methyl sites for hydroxylation is 1. The molecule has 134 valence electrons. The van der Waals surface area contributed by atoms with Crippen LogP contribution >= 0.6 is 0 Å². The van der Waals surface area contributed by atoms with Gasteiger partial charge in [0.05, 0.1) is 30.1 Å². The van der Waals surface area contributed by atoms with Crippen molar-refractivity contribution in [2.24, 2.45) is 11.7 Å². The van der Waals surface area contributed by atoms with Gasteiger partial charge in [0.15, 0.2) is 6.29 Å². The maximum absolute atomic E-state index is 6.21. The zero-order valence-corrected chi connectivity index (χ0v) is 15.3. The van der Waals surface area contributed by atoms with E-state index < -0.39 is 0 Å². The number of rotatable bonds is 5. The number of nitrogens with two attached hydrogens (primary N) is 1. The fourth-order valence-corrected chi connectivity index (χ4v) is 2.67.